The van der Waals surface area contributed by atoms with Crippen LogP contribution in [0.5, 0.6) is 5.75 Å². The summed E-state index contributed by atoms with van der Waals surface area (Å²) >= 11 is 0. The minimum atomic E-state index is -3.68. The van der Waals surface area contributed by atoms with Crippen LogP contribution in [0.1, 0.15) is 28.8 Å². The number of aromatic hydroxyl groups is 1. The number of nitrogens with zero attached hydrogens (tertiary/aromatic N) is 1. The van der Waals surface area contributed by atoms with Crippen LogP contribution in [0, 0.1) is 6.92 Å². The molecule has 7 heteroatoms. The Kier molecular flexibility index (Phi) is 3.51. The monoisotopic (exact) mass is 285 g/mol. The zero-order chi connectivity index (χ0) is 14.2. The van der Waals surface area contributed by atoms with Gasteiger partial charge < -0.3 is 10.2 Å². The minimum Gasteiger partial charge on any atom is -0.507 e. The number of aryl methyl sites for hydroxylation is 1. The Bertz CT molecular complexity index is 617. The van der Waals surface area contributed by atoms with Crippen molar-refractivity contribution in [3.05, 3.63) is 23.3 Å². The number of hydrogen-bond acceptors (Lipinski definition) is 4. The van der Waals surface area contributed by atoms with Gasteiger partial charge >= 0.3 is 5.97 Å². The summed E-state index contributed by atoms with van der Waals surface area (Å²) in [7, 11) is -3.68. The van der Waals surface area contributed by atoms with Gasteiger partial charge in [0.15, 0.2) is 0 Å². The maximum Gasteiger partial charge on any atom is 0.339 e. The van der Waals surface area contributed by atoms with Gasteiger partial charge in [-0.3, -0.25) is 0 Å². The maximum atomic E-state index is 12.4. The maximum absolute atomic E-state index is 12.4. The summed E-state index contributed by atoms with van der Waals surface area (Å²) in [6, 6.07) is 2.20. The first-order chi connectivity index (χ1) is 8.84. The number of phenols is 1. The Balaban J connectivity index is 2.55. The molecule has 1 saturated heterocycles. The predicted octanol–water partition coefficient (Wildman–Crippen LogP) is 1.18. The third kappa shape index (κ3) is 2.43. The van der Waals surface area contributed by atoms with Gasteiger partial charge in [-0.1, -0.05) is 0 Å². The Morgan fingerprint density at radius 3 is 2.37 bits per heavy atom. The van der Waals surface area contributed by atoms with Crippen molar-refractivity contribution in [1.29, 1.82) is 0 Å². The van der Waals surface area contributed by atoms with Crippen LogP contribution in [-0.4, -0.2) is 42.0 Å². The molecule has 104 valence electrons. The number of carboxylic acids is 1. The van der Waals surface area contributed by atoms with Gasteiger partial charge in [0.1, 0.15) is 11.3 Å². The second-order valence-corrected chi connectivity index (χ2v) is 6.46. The Hall–Kier alpha value is -1.60. The van der Waals surface area contributed by atoms with Gasteiger partial charge in [-0.05, 0) is 37.5 Å². The standard InChI is InChI=1S/C12H15NO5S/c1-8-6-10(14)9(12(15)16)7-11(8)19(17,18)13-4-2-3-5-13/h6-7,14H,2-5H2,1H3,(H,15,16). The van der Waals surface area contributed by atoms with Crippen molar-refractivity contribution in [3.63, 3.8) is 0 Å². The van der Waals surface area contributed by atoms with Crippen LogP contribution in [-0.2, 0) is 10.0 Å². The van der Waals surface area contributed by atoms with Crippen LogP contribution in [0.25, 0.3) is 0 Å². The van der Waals surface area contributed by atoms with E-state index in [4.69, 9.17) is 5.11 Å². The largest absolute Gasteiger partial charge is 0.507 e. The Morgan fingerprint density at radius 1 is 1.26 bits per heavy atom. The van der Waals surface area contributed by atoms with Gasteiger partial charge in [0, 0.05) is 13.1 Å². The van der Waals surface area contributed by atoms with E-state index in [2.05, 4.69) is 0 Å². The highest BCUT2D eigenvalue weighted by Crippen LogP contribution is 2.29. The Morgan fingerprint density at radius 2 is 1.84 bits per heavy atom. The van der Waals surface area contributed by atoms with Gasteiger partial charge in [0.05, 0.1) is 4.90 Å². The number of carboxylic acid groups (broad SMARTS) is 1. The summed E-state index contributed by atoms with van der Waals surface area (Å²) in [6.07, 6.45) is 1.62. The molecule has 2 N–H and O–H groups in total. The number of rotatable bonds is 3. The van der Waals surface area contributed by atoms with E-state index >= 15 is 0 Å². The van der Waals surface area contributed by atoms with Crippen molar-refractivity contribution >= 4 is 16.0 Å². The van der Waals surface area contributed by atoms with Gasteiger partial charge in [-0.2, -0.15) is 4.31 Å². The summed E-state index contributed by atoms with van der Waals surface area (Å²) in [5, 5.41) is 18.5. The van der Waals surface area contributed by atoms with Crippen LogP contribution in [0.15, 0.2) is 17.0 Å². The van der Waals surface area contributed by atoms with Crippen molar-refractivity contribution in [3.8, 4) is 5.75 Å². The molecule has 1 aromatic carbocycles. The van der Waals surface area contributed by atoms with E-state index in [1.54, 1.807) is 0 Å². The molecule has 19 heavy (non-hydrogen) atoms. The van der Waals surface area contributed by atoms with Crippen LogP contribution < -0.4 is 0 Å². The first kappa shape index (κ1) is 13.8. The SMILES string of the molecule is Cc1cc(O)c(C(=O)O)cc1S(=O)(=O)N1CCCC1. The van der Waals surface area contributed by atoms with Gasteiger partial charge in [0.2, 0.25) is 10.0 Å². The molecule has 1 aliphatic rings. The smallest absolute Gasteiger partial charge is 0.339 e. The molecule has 0 bridgehead atoms. The minimum absolute atomic E-state index is 0.0513. The zero-order valence-corrected chi connectivity index (χ0v) is 11.3. The summed E-state index contributed by atoms with van der Waals surface area (Å²) in [5.41, 5.74) is -0.0576. The molecular weight excluding hydrogens is 270 g/mol. The third-order valence-electron chi connectivity index (χ3n) is 3.21. The van der Waals surface area contributed by atoms with Crippen LogP contribution in [0.4, 0.5) is 0 Å². The zero-order valence-electron chi connectivity index (χ0n) is 10.5. The summed E-state index contributed by atoms with van der Waals surface area (Å²) in [6.45, 7) is 2.43. The van der Waals surface area contributed by atoms with E-state index in [0.717, 1.165) is 18.9 Å². The summed E-state index contributed by atoms with van der Waals surface area (Å²) in [4.78, 5) is 10.9. The lowest BCUT2D eigenvalue weighted by atomic mass is 10.1. The fourth-order valence-electron chi connectivity index (χ4n) is 2.19. The average molecular weight is 285 g/mol. The van der Waals surface area contributed by atoms with Crippen molar-refractivity contribution < 1.29 is 23.4 Å². The fraction of sp³-hybridized carbons (Fsp3) is 0.417. The van der Waals surface area contributed by atoms with Crippen LogP contribution in [0.2, 0.25) is 0 Å². The lowest BCUT2D eigenvalue weighted by molar-refractivity contribution is 0.0693. The molecule has 0 atom stereocenters. The Labute approximate surface area is 111 Å². The van der Waals surface area contributed by atoms with Crippen molar-refractivity contribution in [2.75, 3.05) is 13.1 Å². The number of hydrogen-bond donors (Lipinski definition) is 2. The topological polar surface area (TPSA) is 94.9 Å². The molecule has 0 unspecified atom stereocenters. The molecule has 0 aliphatic carbocycles. The van der Waals surface area contributed by atoms with Crippen LogP contribution >= 0.6 is 0 Å². The first-order valence-electron chi connectivity index (χ1n) is 5.91. The first-order valence-corrected chi connectivity index (χ1v) is 7.35. The number of carbonyl (C=O) groups is 1. The highest BCUT2D eigenvalue weighted by molar-refractivity contribution is 7.89. The molecule has 1 fully saturated rings. The van der Waals surface area contributed by atoms with E-state index < -0.39 is 27.3 Å². The van der Waals surface area contributed by atoms with Crippen LogP contribution in [0.3, 0.4) is 0 Å². The molecule has 0 aromatic heterocycles. The second-order valence-electron chi connectivity index (χ2n) is 4.55. The van der Waals surface area contributed by atoms with Crippen molar-refractivity contribution in [1.82, 2.24) is 4.31 Å². The van der Waals surface area contributed by atoms with Gasteiger partial charge in [0.25, 0.3) is 0 Å². The normalized spacial score (nSPS) is 16.7. The lowest BCUT2D eigenvalue weighted by Gasteiger charge is -2.17. The summed E-state index contributed by atoms with van der Waals surface area (Å²) in [5.74, 6) is -1.78. The number of benzene rings is 1. The highest BCUT2D eigenvalue weighted by atomic mass is 32.2. The molecule has 0 saturated carbocycles. The van der Waals surface area contributed by atoms with Gasteiger partial charge in [-0.15, -0.1) is 0 Å². The third-order valence-corrected chi connectivity index (χ3v) is 5.25. The molecule has 6 nitrogen and oxygen atoms in total. The molecular formula is C12H15NO5S. The molecule has 1 aliphatic heterocycles. The predicted molar refractivity (Wildman–Crippen MR) is 67.8 cm³/mol. The summed E-state index contributed by atoms with van der Waals surface area (Å²) < 4.78 is 26.1. The number of aromatic carboxylic acids is 1. The fourth-order valence-corrected chi connectivity index (χ4v) is 3.94. The molecule has 0 radical (unpaired) electrons. The highest BCUT2D eigenvalue weighted by Gasteiger charge is 2.30. The molecule has 0 spiro atoms. The number of sulfonamides is 1. The average Bonchev–Trinajstić information content (AvgIpc) is 2.81. The molecule has 1 aromatic rings. The quantitative estimate of drug-likeness (QED) is 0.869. The molecule has 2 rings (SSSR count). The van der Waals surface area contributed by atoms with E-state index in [-0.39, 0.29) is 4.90 Å². The molecule has 1 heterocycles. The second kappa shape index (κ2) is 4.82. The van der Waals surface area contributed by atoms with Crippen molar-refractivity contribution in [2.45, 2.75) is 24.7 Å². The van der Waals surface area contributed by atoms with E-state index in [0.29, 0.717) is 18.7 Å². The lowest BCUT2D eigenvalue weighted by Crippen LogP contribution is -2.28. The van der Waals surface area contributed by atoms with Crippen molar-refractivity contribution in [2.24, 2.45) is 0 Å². The van der Waals surface area contributed by atoms with Gasteiger partial charge in [-0.25, -0.2) is 13.2 Å². The van der Waals surface area contributed by atoms with E-state index in [9.17, 15) is 18.3 Å². The molecule has 0 amide bonds. The van der Waals surface area contributed by atoms with E-state index in [1.165, 1.54) is 17.3 Å². The van der Waals surface area contributed by atoms with E-state index in [1.807, 2.05) is 0 Å².